The molecule has 0 spiro atoms. The normalized spacial score (nSPS) is 20.5. The number of benzene rings is 1. The third kappa shape index (κ3) is 2.76. The van der Waals surface area contributed by atoms with Gasteiger partial charge in [0.15, 0.2) is 0 Å². The first-order valence-electron chi connectivity index (χ1n) is 7.93. The van der Waals surface area contributed by atoms with Crippen LogP contribution >= 0.6 is 0 Å². The predicted molar refractivity (Wildman–Crippen MR) is 83.7 cm³/mol. The number of hydrogen-bond donors (Lipinski definition) is 3. The summed E-state index contributed by atoms with van der Waals surface area (Å²) >= 11 is 0. The van der Waals surface area contributed by atoms with Crippen molar-refractivity contribution in [2.75, 3.05) is 6.54 Å². The van der Waals surface area contributed by atoms with Crippen LogP contribution in [0.2, 0.25) is 0 Å². The summed E-state index contributed by atoms with van der Waals surface area (Å²) in [6.07, 6.45) is 4.96. The molecule has 1 aromatic heterocycles. The van der Waals surface area contributed by atoms with Crippen molar-refractivity contribution >= 4 is 5.91 Å². The molecule has 0 bridgehead atoms. The smallest absolute Gasteiger partial charge is 0.269 e. The van der Waals surface area contributed by atoms with Gasteiger partial charge in [0.05, 0.1) is 6.20 Å². The molecule has 2 heterocycles. The fourth-order valence-electron chi connectivity index (χ4n) is 2.99. The molecule has 2 aliphatic rings. The molecule has 1 atom stereocenters. The summed E-state index contributed by atoms with van der Waals surface area (Å²) in [5.41, 5.74) is 3.30. The van der Waals surface area contributed by atoms with E-state index in [-0.39, 0.29) is 11.9 Å². The molecule has 114 valence electrons. The first kappa shape index (κ1) is 13.5. The monoisotopic (exact) mass is 296 g/mol. The number of carbonyl (C=O) groups is 1. The minimum Gasteiger partial charge on any atom is -0.349 e. The van der Waals surface area contributed by atoms with E-state index in [9.17, 15) is 4.79 Å². The van der Waals surface area contributed by atoms with Gasteiger partial charge >= 0.3 is 0 Å². The molecule has 22 heavy (non-hydrogen) atoms. The maximum atomic E-state index is 12.2. The highest BCUT2D eigenvalue weighted by Crippen LogP contribution is 2.38. The molecular weight excluding hydrogens is 276 g/mol. The average Bonchev–Trinajstić information content (AvgIpc) is 3.29. The molecule has 1 saturated carbocycles. The number of amides is 1. The Labute approximate surface area is 129 Å². The highest BCUT2D eigenvalue weighted by Gasteiger charge is 2.27. The number of nitrogens with one attached hydrogen (secondary N) is 3. The van der Waals surface area contributed by atoms with Gasteiger partial charge in [0.1, 0.15) is 11.5 Å². The van der Waals surface area contributed by atoms with E-state index in [1.165, 1.54) is 24.0 Å². The maximum Gasteiger partial charge on any atom is 0.269 e. The molecule has 5 nitrogen and oxygen atoms in total. The SMILES string of the molecule is O=C(NCC1Cc2ccccc2CN1)c1cnc(C2CC2)[nH]1. The second-order valence-corrected chi connectivity index (χ2v) is 6.22. The zero-order chi connectivity index (χ0) is 14.9. The number of rotatable bonds is 4. The molecule has 1 aromatic carbocycles. The van der Waals surface area contributed by atoms with Crippen molar-refractivity contribution in [1.82, 2.24) is 20.6 Å². The molecule has 3 N–H and O–H groups in total. The summed E-state index contributed by atoms with van der Waals surface area (Å²) in [6.45, 7) is 1.50. The fourth-order valence-corrected chi connectivity index (χ4v) is 2.99. The minimum absolute atomic E-state index is 0.0694. The van der Waals surface area contributed by atoms with E-state index in [1.54, 1.807) is 6.20 Å². The number of aromatic amines is 1. The van der Waals surface area contributed by atoms with Crippen molar-refractivity contribution in [3.63, 3.8) is 0 Å². The average molecular weight is 296 g/mol. The Bertz CT molecular complexity index is 689. The number of carbonyl (C=O) groups excluding carboxylic acids is 1. The Balaban J connectivity index is 1.33. The molecule has 0 radical (unpaired) electrons. The van der Waals surface area contributed by atoms with Crippen molar-refractivity contribution in [3.05, 3.63) is 53.1 Å². The summed E-state index contributed by atoms with van der Waals surface area (Å²) in [6, 6.07) is 8.75. The molecule has 2 aromatic rings. The number of fused-ring (bicyclic) bond motifs is 1. The van der Waals surface area contributed by atoms with Gasteiger partial charge in [0.2, 0.25) is 0 Å². The van der Waals surface area contributed by atoms with Gasteiger partial charge in [-0.2, -0.15) is 0 Å². The molecule has 1 aliphatic carbocycles. The van der Waals surface area contributed by atoms with Gasteiger partial charge in [-0.25, -0.2) is 4.98 Å². The summed E-state index contributed by atoms with van der Waals surface area (Å²) in [5.74, 6) is 1.42. The Hall–Kier alpha value is -2.14. The zero-order valence-electron chi connectivity index (χ0n) is 12.4. The van der Waals surface area contributed by atoms with Crippen LogP contribution in [0.15, 0.2) is 30.5 Å². The number of aromatic nitrogens is 2. The van der Waals surface area contributed by atoms with E-state index in [0.717, 1.165) is 18.8 Å². The van der Waals surface area contributed by atoms with E-state index >= 15 is 0 Å². The highest BCUT2D eigenvalue weighted by atomic mass is 16.1. The quantitative estimate of drug-likeness (QED) is 0.805. The van der Waals surface area contributed by atoms with Crippen LogP contribution in [0.1, 0.15) is 46.2 Å². The molecule has 5 heteroatoms. The molecule has 4 rings (SSSR count). The summed E-state index contributed by atoms with van der Waals surface area (Å²) in [5, 5.41) is 6.47. The van der Waals surface area contributed by atoms with Gasteiger partial charge < -0.3 is 15.6 Å². The largest absolute Gasteiger partial charge is 0.349 e. The van der Waals surface area contributed by atoms with Crippen molar-refractivity contribution in [1.29, 1.82) is 0 Å². The molecule has 0 saturated heterocycles. The molecule has 1 aliphatic heterocycles. The van der Waals surface area contributed by atoms with E-state index in [1.807, 2.05) is 0 Å². The van der Waals surface area contributed by atoms with E-state index < -0.39 is 0 Å². The maximum absolute atomic E-state index is 12.2. The summed E-state index contributed by atoms with van der Waals surface area (Å²) in [7, 11) is 0. The summed E-state index contributed by atoms with van der Waals surface area (Å²) in [4.78, 5) is 19.6. The van der Waals surface area contributed by atoms with Crippen LogP contribution in [-0.4, -0.2) is 28.5 Å². The van der Waals surface area contributed by atoms with Crippen LogP contribution in [0, 0.1) is 0 Å². The van der Waals surface area contributed by atoms with Crippen molar-refractivity contribution in [3.8, 4) is 0 Å². The highest BCUT2D eigenvalue weighted by molar-refractivity contribution is 5.92. The van der Waals surface area contributed by atoms with Crippen LogP contribution < -0.4 is 10.6 Å². The Morgan fingerprint density at radius 3 is 2.91 bits per heavy atom. The number of H-pyrrole nitrogens is 1. The van der Waals surface area contributed by atoms with E-state index in [2.05, 4.69) is 44.9 Å². The van der Waals surface area contributed by atoms with Gasteiger partial charge in [0.25, 0.3) is 5.91 Å². The van der Waals surface area contributed by atoms with Crippen molar-refractivity contribution < 1.29 is 4.79 Å². The molecule has 1 amide bonds. The van der Waals surface area contributed by atoms with Gasteiger partial charge in [-0.1, -0.05) is 24.3 Å². The van der Waals surface area contributed by atoms with E-state index in [0.29, 0.717) is 18.2 Å². The van der Waals surface area contributed by atoms with Gasteiger partial charge in [0, 0.05) is 25.0 Å². The predicted octanol–water partition coefficient (Wildman–Crippen LogP) is 1.73. The summed E-state index contributed by atoms with van der Waals surface area (Å²) < 4.78 is 0. The topological polar surface area (TPSA) is 69.8 Å². The van der Waals surface area contributed by atoms with Crippen molar-refractivity contribution in [2.24, 2.45) is 0 Å². The standard InChI is InChI=1S/C17H20N4O/c22-17(15-10-19-16(21-15)11-5-6-11)20-9-14-7-12-3-1-2-4-13(12)8-18-14/h1-4,10-11,14,18H,5-9H2,(H,19,21)(H,20,22). The first-order chi connectivity index (χ1) is 10.8. The zero-order valence-corrected chi connectivity index (χ0v) is 12.4. The lowest BCUT2D eigenvalue weighted by molar-refractivity contribution is 0.0944. The third-order valence-electron chi connectivity index (χ3n) is 4.48. The Morgan fingerprint density at radius 2 is 2.09 bits per heavy atom. The van der Waals surface area contributed by atoms with Crippen LogP contribution in [0.5, 0.6) is 0 Å². The first-order valence-corrected chi connectivity index (χ1v) is 7.93. The fraction of sp³-hybridized carbons (Fsp3) is 0.412. The van der Waals surface area contributed by atoms with Crippen LogP contribution in [-0.2, 0) is 13.0 Å². The third-order valence-corrected chi connectivity index (χ3v) is 4.48. The lowest BCUT2D eigenvalue weighted by Gasteiger charge is -2.26. The van der Waals surface area contributed by atoms with Crippen LogP contribution in [0.4, 0.5) is 0 Å². The number of hydrogen-bond acceptors (Lipinski definition) is 3. The Kier molecular flexibility index (Phi) is 3.42. The number of imidazole rings is 1. The second kappa shape index (κ2) is 5.57. The van der Waals surface area contributed by atoms with Crippen molar-refractivity contribution in [2.45, 2.75) is 37.8 Å². The minimum atomic E-state index is -0.0694. The lowest BCUT2D eigenvalue weighted by atomic mass is 9.96. The number of nitrogens with zero attached hydrogens (tertiary/aromatic N) is 1. The molecule has 1 unspecified atom stereocenters. The molecular formula is C17H20N4O. The van der Waals surface area contributed by atoms with Crippen LogP contribution in [0.25, 0.3) is 0 Å². The Morgan fingerprint density at radius 1 is 1.27 bits per heavy atom. The lowest BCUT2D eigenvalue weighted by Crippen LogP contribution is -2.44. The second-order valence-electron chi connectivity index (χ2n) is 6.22. The molecule has 1 fully saturated rings. The van der Waals surface area contributed by atoms with Crippen LogP contribution in [0.3, 0.4) is 0 Å². The van der Waals surface area contributed by atoms with Gasteiger partial charge in [-0.15, -0.1) is 0 Å². The van der Waals surface area contributed by atoms with Gasteiger partial charge in [-0.05, 0) is 30.4 Å². The van der Waals surface area contributed by atoms with Gasteiger partial charge in [-0.3, -0.25) is 4.79 Å². The van der Waals surface area contributed by atoms with E-state index in [4.69, 9.17) is 0 Å².